The van der Waals surface area contributed by atoms with Crippen LogP contribution in [0.25, 0.3) is 0 Å². The minimum absolute atomic E-state index is 0.794. The third-order valence-corrected chi connectivity index (χ3v) is 3.81. The van der Waals surface area contributed by atoms with E-state index in [9.17, 15) is 0 Å². The van der Waals surface area contributed by atoms with Gasteiger partial charge in [-0.25, -0.2) is 0 Å². The molecule has 1 rings (SSSR count). The summed E-state index contributed by atoms with van der Waals surface area (Å²) < 4.78 is 0. The first-order chi connectivity index (χ1) is 8.88. The van der Waals surface area contributed by atoms with E-state index in [1.807, 2.05) is 0 Å². The lowest BCUT2D eigenvalue weighted by Gasteiger charge is -2.16. The van der Waals surface area contributed by atoms with E-state index in [1.54, 1.807) is 5.56 Å². The summed E-state index contributed by atoms with van der Waals surface area (Å²) in [5, 5.41) is 0. The van der Waals surface area contributed by atoms with Crippen LogP contribution >= 0.6 is 0 Å². The molecule has 0 saturated heterocycles. The van der Waals surface area contributed by atoms with Crippen molar-refractivity contribution in [1.29, 1.82) is 0 Å². The summed E-state index contributed by atoms with van der Waals surface area (Å²) in [6, 6.07) is 11.1. The van der Waals surface area contributed by atoms with Crippen molar-refractivity contribution < 1.29 is 0 Å². The van der Waals surface area contributed by atoms with Crippen molar-refractivity contribution in [3.63, 3.8) is 0 Å². The van der Waals surface area contributed by atoms with E-state index in [-0.39, 0.29) is 0 Å². The molecule has 0 saturated carbocycles. The molecule has 0 heteroatoms. The first-order valence-electron chi connectivity index (χ1n) is 7.93. The smallest absolute Gasteiger partial charge is 0.0162 e. The second-order valence-electron chi connectivity index (χ2n) is 5.45. The maximum absolute atomic E-state index is 2.30. The third-order valence-electron chi connectivity index (χ3n) is 3.81. The largest absolute Gasteiger partial charge is 0.0654 e. The lowest BCUT2D eigenvalue weighted by Crippen LogP contribution is -1.98. The SMILES string of the molecule is CCCCCCCC[C@@H](CCC)c1ccccc1. The fourth-order valence-corrected chi connectivity index (χ4v) is 2.72. The Morgan fingerprint density at radius 2 is 1.39 bits per heavy atom. The Morgan fingerprint density at radius 3 is 2.06 bits per heavy atom. The van der Waals surface area contributed by atoms with Gasteiger partial charge in [0.15, 0.2) is 0 Å². The van der Waals surface area contributed by atoms with Gasteiger partial charge in [-0.05, 0) is 24.3 Å². The topological polar surface area (TPSA) is 0 Å². The average molecular weight is 246 g/mol. The predicted octanol–water partition coefficient (Wildman–Crippen LogP) is 6.32. The Balaban J connectivity index is 2.26. The van der Waals surface area contributed by atoms with Gasteiger partial charge in [-0.2, -0.15) is 0 Å². The van der Waals surface area contributed by atoms with E-state index in [1.165, 1.54) is 57.8 Å². The molecule has 0 bridgehead atoms. The Bertz CT molecular complexity index is 275. The maximum atomic E-state index is 2.30. The van der Waals surface area contributed by atoms with Gasteiger partial charge in [0.05, 0.1) is 0 Å². The van der Waals surface area contributed by atoms with Gasteiger partial charge in [0.25, 0.3) is 0 Å². The second-order valence-corrected chi connectivity index (χ2v) is 5.45. The molecule has 18 heavy (non-hydrogen) atoms. The van der Waals surface area contributed by atoms with Crippen LogP contribution in [0.4, 0.5) is 0 Å². The van der Waals surface area contributed by atoms with Crippen molar-refractivity contribution in [2.75, 3.05) is 0 Å². The minimum atomic E-state index is 0.794. The van der Waals surface area contributed by atoms with Crippen molar-refractivity contribution in [2.24, 2.45) is 0 Å². The van der Waals surface area contributed by atoms with Gasteiger partial charge in [-0.3, -0.25) is 0 Å². The lowest BCUT2D eigenvalue weighted by atomic mass is 9.89. The molecule has 0 fully saturated rings. The van der Waals surface area contributed by atoms with Crippen molar-refractivity contribution in [2.45, 2.75) is 77.6 Å². The fraction of sp³-hybridized carbons (Fsp3) is 0.667. The molecule has 0 aliphatic carbocycles. The zero-order valence-corrected chi connectivity index (χ0v) is 12.3. The van der Waals surface area contributed by atoms with Crippen LogP contribution < -0.4 is 0 Å². The highest BCUT2D eigenvalue weighted by atomic mass is 14.1. The van der Waals surface area contributed by atoms with Crippen LogP contribution in [-0.2, 0) is 0 Å². The van der Waals surface area contributed by atoms with E-state index < -0.39 is 0 Å². The molecule has 0 unspecified atom stereocenters. The molecule has 1 atom stereocenters. The number of benzene rings is 1. The molecule has 1 aromatic rings. The summed E-state index contributed by atoms with van der Waals surface area (Å²) in [6.45, 7) is 4.59. The second kappa shape index (κ2) is 10.2. The Hall–Kier alpha value is -0.780. The number of unbranched alkanes of at least 4 members (excludes halogenated alkanes) is 5. The molecular weight excluding hydrogens is 216 g/mol. The Morgan fingerprint density at radius 1 is 0.722 bits per heavy atom. The molecule has 0 aliphatic heterocycles. The molecule has 1 aromatic carbocycles. The van der Waals surface area contributed by atoms with Crippen LogP contribution in [0.1, 0.15) is 83.1 Å². The number of hydrogen-bond acceptors (Lipinski definition) is 0. The van der Waals surface area contributed by atoms with Crippen LogP contribution in [0.2, 0.25) is 0 Å². The standard InChI is InChI=1S/C18H30/c1-3-5-6-7-8-10-14-17(13-4-2)18-15-11-9-12-16-18/h9,11-12,15-17H,3-8,10,13-14H2,1-2H3/t17-/m1/s1. The summed E-state index contributed by atoms with van der Waals surface area (Å²) in [7, 11) is 0. The van der Waals surface area contributed by atoms with Crippen LogP contribution in [0.15, 0.2) is 30.3 Å². The molecule has 0 radical (unpaired) electrons. The Labute approximate surface area is 114 Å². The quantitative estimate of drug-likeness (QED) is 0.424. The monoisotopic (exact) mass is 246 g/mol. The first-order valence-corrected chi connectivity index (χ1v) is 7.93. The van der Waals surface area contributed by atoms with Crippen molar-refractivity contribution in [3.8, 4) is 0 Å². The maximum Gasteiger partial charge on any atom is -0.0162 e. The predicted molar refractivity (Wildman–Crippen MR) is 82.1 cm³/mol. The summed E-state index contributed by atoms with van der Waals surface area (Å²) in [5.41, 5.74) is 1.55. The average Bonchev–Trinajstić information content (AvgIpc) is 2.42. The normalized spacial score (nSPS) is 12.6. The van der Waals surface area contributed by atoms with Crippen LogP contribution in [0.3, 0.4) is 0 Å². The van der Waals surface area contributed by atoms with Crippen molar-refractivity contribution in [3.05, 3.63) is 35.9 Å². The van der Waals surface area contributed by atoms with Gasteiger partial charge in [0, 0.05) is 0 Å². The van der Waals surface area contributed by atoms with Crippen LogP contribution in [0.5, 0.6) is 0 Å². The van der Waals surface area contributed by atoms with E-state index in [2.05, 4.69) is 44.2 Å². The van der Waals surface area contributed by atoms with Crippen LogP contribution in [0, 0.1) is 0 Å². The lowest BCUT2D eigenvalue weighted by molar-refractivity contribution is 0.512. The molecule has 0 aliphatic rings. The van der Waals surface area contributed by atoms with Gasteiger partial charge in [-0.1, -0.05) is 89.1 Å². The molecule has 0 heterocycles. The molecule has 0 N–H and O–H groups in total. The summed E-state index contributed by atoms with van der Waals surface area (Å²) in [6.07, 6.45) is 12.5. The molecular formula is C18H30. The zero-order valence-electron chi connectivity index (χ0n) is 12.3. The highest BCUT2D eigenvalue weighted by Gasteiger charge is 2.09. The van der Waals surface area contributed by atoms with E-state index in [4.69, 9.17) is 0 Å². The van der Waals surface area contributed by atoms with E-state index in [0.29, 0.717) is 0 Å². The molecule has 0 nitrogen and oxygen atoms in total. The highest BCUT2D eigenvalue weighted by molar-refractivity contribution is 5.19. The molecule has 102 valence electrons. The van der Waals surface area contributed by atoms with Gasteiger partial charge in [0.2, 0.25) is 0 Å². The van der Waals surface area contributed by atoms with Crippen molar-refractivity contribution >= 4 is 0 Å². The van der Waals surface area contributed by atoms with E-state index >= 15 is 0 Å². The van der Waals surface area contributed by atoms with Gasteiger partial charge in [-0.15, -0.1) is 0 Å². The summed E-state index contributed by atoms with van der Waals surface area (Å²) >= 11 is 0. The molecule has 0 aromatic heterocycles. The van der Waals surface area contributed by atoms with Gasteiger partial charge in [0.1, 0.15) is 0 Å². The third kappa shape index (κ3) is 6.23. The zero-order chi connectivity index (χ0) is 13.1. The highest BCUT2D eigenvalue weighted by Crippen LogP contribution is 2.27. The van der Waals surface area contributed by atoms with E-state index in [0.717, 1.165) is 5.92 Å². The minimum Gasteiger partial charge on any atom is -0.0654 e. The van der Waals surface area contributed by atoms with Gasteiger partial charge < -0.3 is 0 Å². The van der Waals surface area contributed by atoms with Gasteiger partial charge >= 0.3 is 0 Å². The number of hydrogen-bond donors (Lipinski definition) is 0. The fourth-order valence-electron chi connectivity index (χ4n) is 2.72. The summed E-state index contributed by atoms with van der Waals surface area (Å²) in [4.78, 5) is 0. The number of rotatable bonds is 10. The first kappa shape index (κ1) is 15.3. The van der Waals surface area contributed by atoms with Crippen LogP contribution in [-0.4, -0.2) is 0 Å². The Kier molecular flexibility index (Phi) is 8.63. The molecule has 0 spiro atoms. The summed E-state index contributed by atoms with van der Waals surface area (Å²) in [5.74, 6) is 0.794. The molecule has 0 amide bonds. The van der Waals surface area contributed by atoms with Crippen molar-refractivity contribution in [1.82, 2.24) is 0 Å².